The van der Waals surface area contributed by atoms with E-state index in [0.29, 0.717) is 0 Å². The summed E-state index contributed by atoms with van der Waals surface area (Å²) in [6, 6.07) is 0. The van der Waals surface area contributed by atoms with Gasteiger partial charge in [-0.15, -0.1) is 0 Å². The summed E-state index contributed by atoms with van der Waals surface area (Å²) in [7, 11) is 1.08. The Bertz CT molecular complexity index is 551. The summed E-state index contributed by atoms with van der Waals surface area (Å²) in [5, 5.41) is 21.0. The second kappa shape index (κ2) is 6.19. The number of ether oxygens (including phenoxy) is 2. The summed E-state index contributed by atoms with van der Waals surface area (Å²) in [5.74, 6) is -4.33. The summed E-state index contributed by atoms with van der Waals surface area (Å²) >= 11 is 0. The number of aliphatic hydroxyl groups excluding tert-OH is 1. The van der Waals surface area contributed by atoms with Crippen LogP contribution in [0.15, 0.2) is 11.5 Å². The third-order valence-electron chi connectivity index (χ3n) is 3.44. The van der Waals surface area contributed by atoms with Crippen molar-refractivity contribution < 1.29 is 63.6 Å². The van der Waals surface area contributed by atoms with Crippen molar-refractivity contribution in [3.63, 3.8) is 0 Å². The Morgan fingerprint density at radius 3 is 2.36 bits per heavy atom. The number of rotatable bonds is 3. The molecule has 1 saturated heterocycles. The molecule has 0 aromatic rings. The van der Waals surface area contributed by atoms with E-state index >= 15 is 0 Å². The van der Waals surface area contributed by atoms with Gasteiger partial charge in [0, 0.05) is 5.41 Å². The van der Waals surface area contributed by atoms with Crippen molar-refractivity contribution in [2.75, 3.05) is 7.11 Å². The minimum Gasteiger partial charge on any atom is -0.543 e. The van der Waals surface area contributed by atoms with Gasteiger partial charge in [-0.25, -0.2) is 4.79 Å². The molecular weight excluding hydrogens is 305 g/mol. The second-order valence-electron chi connectivity index (χ2n) is 5.93. The van der Waals surface area contributed by atoms with Crippen LogP contribution in [0.3, 0.4) is 0 Å². The zero-order valence-electron chi connectivity index (χ0n) is 13.1. The van der Waals surface area contributed by atoms with Gasteiger partial charge in [-0.1, -0.05) is 20.8 Å². The van der Waals surface area contributed by atoms with E-state index in [1.807, 2.05) is 0 Å². The van der Waals surface area contributed by atoms with E-state index in [0.717, 1.165) is 12.0 Å². The number of nitrogens with zero attached hydrogens (tertiary/aromatic N) is 1. The van der Waals surface area contributed by atoms with Crippen LogP contribution in [0, 0.1) is 11.3 Å². The first-order chi connectivity index (χ1) is 9.61. The number of carbonyl (C=O) groups excluding carboxylic acids is 3. The van der Waals surface area contributed by atoms with Gasteiger partial charge in [0.05, 0.1) is 13.1 Å². The molecule has 2 aliphatic heterocycles. The van der Waals surface area contributed by atoms with Gasteiger partial charge in [0.1, 0.15) is 17.4 Å². The first-order valence-corrected chi connectivity index (χ1v) is 6.33. The molecular formula is C13H16NNaO7. The van der Waals surface area contributed by atoms with E-state index in [4.69, 9.17) is 4.74 Å². The molecule has 0 saturated carbocycles. The Hall–Kier alpha value is -1.09. The molecule has 1 N–H and O–H groups in total. The number of β-lactam (4-membered cyclic amide) rings is 1. The Labute approximate surface area is 149 Å². The van der Waals surface area contributed by atoms with Gasteiger partial charge in [0.25, 0.3) is 0 Å². The van der Waals surface area contributed by atoms with Crippen LogP contribution in [0.4, 0.5) is 0 Å². The van der Waals surface area contributed by atoms with Gasteiger partial charge in [-0.05, 0) is 0 Å². The van der Waals surface area contributed by atoms with E-state index in [-0.39, 0.29) is 41.0 Å². The van der Waals surface area contributed by atoms with Crippen LogP contribution in [0.5, 0.6) is 0 Å². The number of hydrogen-bond donors (Lipinski definition) is 1. The van der Waals surface area contributed by atoms with Crippen LogP contribution in [-0.4, -0.2) is 47.3 Å². The number of aliphatic carboxylic acids is 1. The Morgan fingerprint density at radius 1 is 1.41 bits per heavy atom. The van der Waals surface area contributed by atoms with Gasteiger partial charge in [0.2, 0.25) is 5.91 Å². The number of allylic oxidation sites excluding steroid dienone is 1. The van der Waals surface area contributed by atoms with Crippen molar-refractivity contribution >= 4 is 17.8 Å². The molecule has 1 amide bonds. The number of amides is 1. The fraction of sp³-hybridized carbons (Fsp3) is 0.615. The van der Waals surface area contributed by atoms with E-state index in [9.17, 15) is 24.6 Å². The van der Waals surface area contributed by atoms with Gasteiger partial charge in [0.15, 0.2) is 12.3 Å². The quantitative estimate of drug-likeness (QED) is 0.316. The maximum absolute atomic E-state index is 12.0. The van der Waals surface area contributed by atoms with Gasteiger partial charge in [-0.3, -0.25) is 9.69 Å². The Balaban J connectivity index is 0.00000242. The summed E-state index contributed by atoms with van der Waals surface area (Å²) in [5.41, 5.74) is -1.03. The van der Waals surface area contributed by atoms with Crippen molar-refractivity contribution in [3.8, 4) is 0 Å². The molecule has 8 nitrogen and oxygen atoms in total. The maximum Gasteiger partial charge on any atom is 1.00 e. The third kappa shape index (κ3) is 2.76. The second-order valence-corrected chi connectivity index (χ2v) is 5.93. The zero-order valence-corrected chi connectivity index (χ0v) is 15.1. The molecule has 3 atom stereocenters. The normalized spacial score (nSPS) is 24.8. The molecule has 1 fully saturated rings. The average Bonchev–Trinajstić information content (AvgIpc) is 2.73. The molecule has 2 heterocycles. The zero-order chi connectivity index (χ0) is 16.1. The fourth-order valence-corrected chi connectivity index (χ4v) is 2.42. The standard InChI is InChI=1S/C13H17NO7.Na/c1-13(2,3)8-6(11(17)18)14-9(16)5(10(14)21-8)7(15)12(19)20-4;/h5,7,10,15H,1-4H3,(H,17,18);/q;+1/p-1/t5-,7+,10+;/m0./s1. The molecule has 0 radical (unpaired) electrons. The summed E-state index contributed by atoms with van der Waals surface area (Å²) < 4.78 is 9.87. The molecule has 2 aliphatic rings. The SMILES string of the molecule is COC(=O)[C@H](O)[C@H]1C(=O)N2C(C(=O)[O-])=C(C(C)(C)C)O[C@H]12.[Na+]. The van der Waals surface area contributed by atoms with Gasteiger partial charge >= 0.3 is 35.5 Å². The molecule has 22 heavy (non-hydrogen) atoms. The van der Waals surface area contributed by atoms with Crippen molar-refractivity contribution in [1.82, 2.24) is 4.90 Å². The number of carboxylic acid groups (broad SMARTS) is 1. The van der Waals surface area contributed by atoms with Crippen LogP contribution < -0.4 is 34.7 Å². The number of aliphatic hydroxyl groups is 1. The molecule has 2 rings (SSSR count). The van der Waals surface area contributed by atoms with Gasteiger partial charge < -0.3 is 24.5 Å². The summed E-state index contributed by atoms with van der Waals surface area (Å²) in [6.07, 6.45) is -2.74. The van der Waals surface area contributed by atoms with E-state index in [2.05, 4.69) is 4.74 Å². The Kier molecular flexibility index (Phi) is 5.34. The molecule has 0 aromatic carbocycles. The first kappa shape index (κ1) is 19.0. The number of esters is 1. The summed E-state index contributed by atoms with van der Waals surface area (Å²) in [4.78, 5) is 35.5. The van der Waals surface area contributed by atoms with Crippen molar-refractivity contribution in [2.45, 2.75) is 33.1 Å². The molecule has 0 bridgehead atoms. The number of fused-ring (bicyclic) bond motifs is 1. The maximum atomic E-state index is 12.0. The van der Waals surface area contributed by atoms with Crippen molar-refractivity contribution in [1.29, 1.82) is 0 Å². The largest absolute Gasteiger partial charge is 1.00 e. The number of methoxy groups -OCH3 is 1. The molecule has 116 valence electrons. The topological polar surface area (TPSA) is 116 Å². The number of hydrogen-bond acceptors (Lipinski definition) is 7. The van der Waals surface area contributed by atoms with Crippen molar-refractivity contribution in [3.05, 3.63) is 11.5 Å². The Morgan fingerprint density at radius 2 is 1.95 bits per heavy atom. The molecule has 0 spiro atoms. The summed E-state index contributed by atoms with van der Waals surface area (Å²) in [6.45, 7) is 5.15. The van der Waals surface area contributed by atoms with E-state index in [1.54, 1.807) is 20.8 Å². The molecule has 9 heteroatoms. The molecule has 0 unspecified atom stereocenters. The van der Waals surface area contributed by atoms with E-state index < -0.39 is 41.5 Å². The predicted molar refractivity (Wildman–Crippen MR) is 64.7 cm³/mol. The van der Waals surface area contributed by atoms with Gasteiger partial charge in [-0.2, -0.15) is 0 Å². The predicted octanol–water partition coefficient (Wildman–Crippen LogP) is -4.65. The van der Waals surface area contributed by atoms with Crippen LogP contribution >= 0.6 is 0 Å². The third-order valence-corrected chi connectivity index (χ3v) is 3.44. The number of carboxylic acids is 1. The van der Waals surface area contributed by atoms with Crippen LogP contribution in [0.25, 0.3) is 0 Å². The minimum absolute atomic E-state index is 0. The number of carbonyl (C=O) groups is 3. The minimum atomic E-state index is -1.70. The van der Waals surface area contributed by atoms with Crippen LogP contribution in [-0.2, 0) is 23.9 Å². The average molecular weight is 321 g/mol. The monoisotopic (exact) mass is 321 g/mol. The fourth-order valence-electron chi connectivity index (χ4n) is 2.42. The van der Waals surface area contributed by atoms with Crippen molar-refractivity contribution in [2.24, 2.45) is 11.3 Å². The molecule has 0 aromatic heterocycles. The first-order valence-electron chi connectivity index (χ1n) is 6.33. The van der Waals surface area contributed by atoms with Crippen LogP contribution in [0.1, 0.15) is 20.8 Å². The molecule has 0 aliphatic carbocycles. The van der Waals surface area contributed by atoms with E-state index in [1.165, 1.54) is 0 Å². The van der Waals surface area contributed by atoms with Crippen LogP contribution in [0.2, 0.25) is 0 Å². The smallest absolute Gasteiger partial charge is 0.543 e.